The van der Waals surface area contributed by atoms with Gasteiger partial charge in [-0.15, -0.1) is 0 Å². The Bertz CT molecular complexity index is 822. The number of rotatable bonds is 2. The molecule has 1 aromatic carbocycles. The number of halogens is 1. The van der Waals surface area contributed by atoms with Crippen LogP contribution in [-0.4, -0.2) is 32.9 Å². The average Bonchev–Trinajstić information content (AvgIpc) is 2.54. The maximum atomic E-state index is 13.4. The van der Waals surface area contributed by atoms with E-state index in [0.29, 0.717) is 6.42 Å². The molecule has 6 heteroatoms. The molecule has 0 radical (unpaired) electrons. The number of fused-ring (bicyclic) bond motifs is 1. The maximum absolute atomic E-state index is 13.4. The van der Waals surface area contributed by atoms with E-state index in [9.17, 15) is 14.0 Å². The number of pyridine rings is 1. The summed E-state index contributed by atoms with van der Waals surface area (Å²) >= 11 is 0. The van der Waals surface area contributed by atoms with Crippen LogP contribution in [0.25, 0.3) is 0 Å². The van der Waals surface area contributed by atoms with E-state index in [1.807, 2.05) is 13.8 Å². The Labute approximate surface area is 138 Å². The van der Waals surface area contributed by atoms with Crippen molar-refractivity contribution in [2.24, 2.45) is 0 Å². The third-order valence-corrected chi connectivity index (χ3v) is 4.38. The molecule has 5 nitrogen and oxygen atoms in total. The Morgan fingerprint density at radius 3 is 2.62 bits per heavy atom. The first-order valence-corrected chi connectivity index (χ1v) is 7.70. The number of aromatic carboxylic acids is 1. The monoisotopic (exact) mass is 328 g/mol. The molecule has 1 aliphatic rings. The van der Waals surface area contributed by atoms with E-state index in [2.05, 4.69) is 4.98 Å². The normalized spacial score (nSPS) is 19.7. The average molecular weight is 328 g/mol. The zero-order valence-corrected chi connectivity index (χ0v) is 13.4. The lowest BCUT2D eigenvalue weighted by Gasteiger charge is -2.40. The van der Waals surface area contributed by atoms with Crippen LogP contribution in [0, 0.1) is 5.82 Å². The van der Waals surface area contributed by atoms with Gasteiger partial charge in [0.15, 0.2) is 0 Å². The fourth-order valence-corrected chi connectivity index (χ4v) is 3.29. The van der Waals surface area contributed by atoms with Gasteiger partial charge in [-0.3, -0.25) is 4.79 Å². The van der Waals surface area contributed by atoms with Gasteiger partial charge in [-0.1, -0.05) is 12.1 Å². The molecular formula is C18H17FN2O3. The van der Waals surface area contributed by atoms with Gasteiger partial charge in [0, 0.05) is 6.04 Å². The molecule has 2 unspecified atom stereocenters. The van der Waals surface area contributed by atoms with Crippen molar-refractivity contribution in [1.29, 1.82) is 0 Å². The van der Waals surface area contributed by atoms with Crippen LogP contribution in [0.2, 0.25) is 0 Å². The van der Waals surface area contributed by atoms with Gasteiger partial charge in [0.2, 0.25) is 0 Å². The highest BCUT2D eigenvalue weighted by Crippen LogP contribution is 2.34. The highest BCUT2D eigenvalue weighted by atomic mass is 19.1. The molecule has 24 heavy (non-hydrogen) atoms. The van der Waals surface area contributed by atoms with Crippen LogP contribution < -0.4 is 0 Å². The summed E-state index contributed by atoms with van der Waals surface area (Å²) in [5.41, 5.74) is 1.73. The highest BCUT2D eigenvalue weighted by molar-refractivity contribution is 5.94. The van der Waals surface area contributed by atoms with Crippen LogP contribution in [0.1, 0.15) is 52.0 Å². The van der Waals surface area contributed by atoms with E-state index in [4.69, 9.17) is 5.11 Å². The van der Waals surface area contributed by atoms with Gasteiger partial charge in [-0.25, -0.2) is 14.2 Å². The van der Waals surface area contributed by atoms with Gasteiger partial charge >= 0.3 is 5.97 Å². The first kappa shape index (κ1) is 16.1. The largest absolute Gasteiger partial charge is 0.477 e. The van der Waals surface area contributed by atoms with E-state index < -0.39 is 5.97 Å². The summed E-state index contributed by atoms with van der Waals surface area (Å²) in [6.07, 6.45) is 0.543. The molecule has 0 saturated heterocycles. The highest BCUT2D eigenvalue weighted by Gasteiger charge is 2.34. The fraction of sp³-hybridized carbons (Fsp3) is 0.278. The lowest BCUT2D eigenvalue weighted by atomic mass is 9.89. The number of aromatic nitrogens is 1. The van der Waals surface area contributed by atoms with Crippen molar-refractivity contribution in [2.75, 3.05) is 0 Å². The van der Waals surface area contributed by atoms with Crippen LogP contribution >= 0.6 is 0 Å². The summed E-state index contributed by atoms with van der Waals surface area (Å²) in [7, 11) is 0. The minimum absolute atomic E-state index is 0.0964. The summed E-state index contributed by atoms with van der Waals surface area (Å²) in [4.78, 5) is 29.5. The molecule has 2 atom stereocenters. The third-order valence-electron chi connectivity index (χ3n) is 4.38. The van der Waals surface area contributed by atoms with Gasteiger partial charge in [-0.2, -0.15) is 0 Å². The molecular weight excluding hydrogens is 311 g/mol. The van der Waals surface area contributed by atoms with Crippen LogP contribution in [0.15, 0.2) is 36.4 Å². The molecule has 2 aromatic rings. The van der Waals surface area contributed by atoms with E-state index in [0.717, 1.165) is 11.1 Å². The molecule has 1 amide bonds. The van der Waals surface area contributed by atoms with Gasteiger partial charge in [-0.05, 0) is 55.7 Å². The zero-order chi connectivity index (χ0) is 17.4. The van der Waals surface area contributed by atoms with Crippen LogP contribution in [-0.2, 0) is 6.42 Å². The number of nitrogens with zero attached hydrogens (tertiary/aromatic N) is 2. The zero-order valence-electron chi connectivity index (χ0n) is 13.4. The minimum atomic E-state index is -1.18. The number of carboxylic acid groups (broad SMARTS) is 1. The summed E-state index contributed by atoms with van der Waals surface area (Å²) in [6.45, 7) is 3.77. The molecule has 0 saturated carbocycles. The van der Waals surface area contributed by atoms with Gasteiger partial charge < -0.3 is 10.0 Å². The Kier molecular flexibility index (Phi) is 4.05. The molecule has 0 bridgehead atoms. The van der Waals surface area contributed by atoms with Gasteiger partial charge in [0.05, 0.1) is 6.04 Å². The number of amides is 1. The molecule has 124 valence electrons. The van der Waals surface area contributed by atoms with Crippen molar-refractivity contribution in [2.45, 2.75) is 32.4 Å². The van der Waals surface area contributed by atoms with Crippen molar-refractivity contribution in [3.8, 4) is 0 Å². The number of benzene rings is 1. The summed E-state index contributed by atoms with van der Waals surface area (Å²) < 4.78 is 13.4. The second-order valence-electron chi connectivity index (χ2n) is 6.00. The second-order valence-corrected chi connectivity index (χ2v) is 6.00. The Hall–Kier alpha value is -2.76. The predicted octanol–water partition coefficient (Wildman–Crippen LogP) is 3.07. The molecule has 0 fully saturated rings. The van der Waals surface area contributed by atoms with Gasteiger partial charge in [0.25, 0.3) is 5.91 Å². The minimum Gasteiger partial charge on any atom is -0.477 e. The smallest absolute Gasteiger partial charge is 0.354 e. The topological polar surface area (TPSA) is 70.5 Å². The number of carbonyl (C=O) groups excluding carboxylic acids is 1. The molecule has 0 aliphatic carbocycles. The first-order chi connectivity index (χ1) is 11.4. The molecule has 3 rings (SSSR count). The predicted molar refractivity (Wildman–Crippen MR) is 85.3 cm³/mol. The van der Waals surface area contributed by atoms with E-state index >= 15 is 0 Å². The molecule has 2 heterocycles. The fourth-order valence-electron chi connectivity index (χ4n) is 3.29. The van der Waals surface area contributed by atoms with E-state index in [1.54, 1.807) is 11.0 Å². The molecule has 0 spiro atoms. The summed E-state index contributed by atoms with van der Waals surface area (Å²) in [5.74, 6) is -1.79. The summed E-state index contributed by atoms with van der Waals surface area (Å²) in [6, 6.07) is 8.57. The Morgan fingerprint density at radius 2 is 1.92 bits per heavy atom. The number of hydrogen-bond acceptors (Lipinski definition) is 3. The third kappa shape index (κ3) is 2.75. The SMILES string of the molecule is CC1Cc2cc(F)ccc2C(C)N1C(=O)c1cccc(C(=O)O)n1. The molecule has 1 N–H and O–H groups in total. The van der Waals surface area contributed by atoms with E-state index in [1.165, 1.54) is 30.3 Å². The first-order valence-electron chi connectivity index (χ1n) is 7.70. The van der Waals surface area contributed by atoms with Crippen LogP contribution in [0.5, 0.6) is 0 Å². The number of carboxylic acids is 1. The van der Waals surface area contributed by atoms with Crippen molar-refractivity contribution in [1.82, 2.24) is 9.88 Å². The number of hydrogen-bond donors (Lipinski definition) is 1. The van der Waals surface area contributed by atoms with E-state index in [-0.39, 0.29) is 35.2 Å². The second kappa shape index (κ2) is 6.03. The molecule has 1 aliphatic heterocycles. The quantitative estimate of drug-likeness (QED) is 0.920. The maximum Gasteiger partial charge on any atom is 0.354 e. The Balaban J connectivity index is 1.97. The lowest BCUT2D eigenvalue weighted by Crippen LogP contribution is -2.45. The lowest BCUT2D eigenvalue weighted by molar-refractivity contribution is 0.0574. The molecule has 1 aromatic heterocycles. The van der Waals surface area contributed by atoms with Crippen LogP contribution in [0.3, 0.4) is 0 Å². The van der Waals surface area contributed by atoms with Crippen LogP contribution in [0.4, 0.5) is 4.39 Å². The van der Waals surface area contributed by atoms with Crippen molar-refractivity contribution >= 4 is 11.9 Å². The summed E-state index contributed by atoms with van der Waals surface area (Å²) in [5, 5.41) is 9.04. The Morgan fingerprint density at radius 1 is 1.21 bits per heavy atom. The van der Waals surface area contributed by atoms with Gasteiger partial charge in [0.1, 0.15) is 17.2 Å². The van der Waals surface area contributed by atoms with Crippen molar-refractivity contribution < 1.29 is 19.1 Å². The standard InChI is InChI=1S/C18H17FN2O3/c1-10-8-12-9-13(19)6-7-14(12)11(2)21(10)17(22)15-4-3-5-16(20-15)18(23)24/h3-7,9-11H,8H2,1-2H3,(H,23,24). The van der Waals surface area contributed by atoms with Crippen molar-refractivity contribution in [3.05, 3.63) is 64.7 Å². The van der Waals surface area contributed by atoms with Crippen molar-refractivity contribution in [3.63, 3.8) is 0 Å². The number of carbonyl (C=O) groups is 2.